The second-order valence-corrected chi connectivity index (χ2v) is 10.9. The van der Waals surface area contributed by atoms with Gasteiger partial charge in [-0.1, -0.05) is 61.7 Å². The fourth-order valence-corrected chi connectivity index (χ4v) is 6.16. The first-order valence-electron chi connectivity index (χ1n) is 11.9. The molecule has 35 heavy (non-hydrogen) atoms. The average Bonchev–Trinajstić information content (AvgIpc) is 3.27. The number of carbonyl (C=O) groups is 1. The molecule has 1 aliphatic rings. The van der Waals surface area contributed by atoms with E-state index in [1.54, 1.807) is 25.2 Å². The van der Waals surface area contributed by atoms with E-state index in [-0.39, 0.29) is 16.5 Å². The summed E-state index contributed by atoms with van der Waals surface area (Å²) in [4.78, 5) is 18.2. The Morgan fingerprint density at radius 2 is 1.71 bits per heavy atom. The summed E-state index contributed by atoms with van der Waals surface area (Å²) in [5.74, 6) is 0.134. The lowest BCUT2D eigenvalue weighted by atomic mass is 9.96. The Kier molecular flexibility index (Phi) is 6.40. The molecular formula is C27H28N4O3S. The number of anilines is 1. The van der Waals surface area contributed by atoms with E-state index in [9.17, 15) is 13.2 Å². The number of imidazole rings is 1. The Hall–Kier alpha value is -3.49. The largest absolute Gasteiger partial charge is 0.306 e. The quantitative estimate of drug-likeness (QED) is 0.404. The van der Waals surface area contributed by atoms with Crippen molar-refractivity contribution in [3.8, 4) is 11.3 Å². The maximum Gasteiger partial charge on any atom is 0.256 e. The van der Waals surface area contributed by atoms with Gasteiger partial charge in [-0.3, -0.25) is 9.20 Å². The van der Waals surface area contributed by atoms with Crippen LogP contribution in [0.25, 0.3) is 16.9 Å². The third kappa shape index (κ3) is 4.59. The Morgan fingerprint density at radius 1 is 0.971 bits per heavy atom. The minimum Gasteiger partial charge on any atom is -0.306 e. The van der Waals surface area contributed by atoms with Crippen molar-refractivity contribution in [2.24, 2.45) is 0 Å². The van der Waals surface area contributed by atoms with Crippen LogP contribution in [0.4, 0.5) is 5.82 Å². The molecule has 0 atom stereocenters. The normalized spacial score (nSPS) is 14.9. The molecule has 0 spiro atoms. The van der Waals surface area contributed by atoms with Crippen LogP contribution in [0.5, 0.6) is 0 Å². The van der Waals surface area contributed by atoms with Crippen LogP contribution in [-0.2, 0) is 10.0 Å². The molecule has 5 rings (SSSR count). The van der Waals surface area contributed by atoms with E-state index in [2.05, 4.69) is 5.32 Å². The van der Waals surface area contributed by atoms with E-state index >= 15 is 0 Å². The van der Waals surface area contributed by atoms with Gasteiger partial charge in [0.15, 0.2) is 0 Å². The third-order valence-corrected chi connectivity index (χ3v) is 8.58. The summed E-state index contributed by atoms with van der Waals surface area (Å²) in [6.45, 7) is 0. The Bertz CT molecular complexity index is 1460. The number of pyridine rings is 1. The molecule has 7 nitrogen and oxygen atoms in total. The zero-order valence-electron chi connectivity index (χ0n) is 19.6. The molecule has 2 heterocycles. The summed E-state index contributed by atoms with van der Waals surface area (Å²) in [6, 6.07) is 21.5. The summed E-state index contributed by atoms with van der Waals surface area (Å²) >= 11 is 0. The van der Waals surface area contributed by atoms with Crippen LogP contribution in [0.3, 0.4) is 0 Å². The number of benzene rings is 2. The van der Waals surface area contributed by atoms with Crippen LogP contribution in [-0.4, -0.2) is 41.1 Å². The smallest absolute Gasteiger partial charge is 0.256 e. The van der Waals surface area contributed by atoms with Crippen LogP contribution in [0.2, 0.25) is 0 Å². The van der Waals surface area contributed by atoms with Crippen LogP contribution in [0, 0.1) is 0 Å². The molecule has 0 radical (unpaired) electrons. The van der Waals surface area contributed by atoms with Gasteiger partial charge in [0.25, 0.3) is 5.91 Å². The molecule has 1 N–H and O–H groups in total. The molecule has 1 fully saturated rings. The lowest BCUT2D eigenvalue weighted by Gasteiger charge is -2.30. The van der Waals surface area contributed by atoms with Gasteiger partial charge in [-0.15, -0.1) is 0 Å². The second kappa shape index (κ2) is 9.64. The van der Waals surface area contributed by atoms with Crippen molar-refractivity contribution in [1.82, 2.24) is 13.7 Å². The van der Waals surface area contributed by atoms with E-state index < -0.39 is 15.9 Å². The Balaban J connectivity index is 1.46. The molecule has 4 aromatic rings. The average molecular weight is 489 g/mol. The van der Waals surface area contributed by atoms with Crippen molar-refractivity contribution in [2.45, 2.75) is 43.0 Å². The van der Waals surface area contributed by atoms with Crippen LogP contribution >= 0.6 is 0 Å². The summed E-state index contributed by atoms with van der Waals surface area (Å²) in [5, 5.41) is 2.97. The second-order valence-electron chi connectivity index (χ2n) is 8.90. The predicted octanol–water partition coefficient (Wildman–Crippen LogP) is 5.21. The molecule has 1 saturated carbocycles. The molecule has 0 bridgehead atoms. The number of nitrogens with one attached hydrogen (secondary N) is 1. The lowest BCUT2D eigenvalue weighted by Crippen LogP contribution is -2.38. The summed E-state index contributed by atoms with van der Waals surface area (Å²) in [6.07, 6.45) is 6.80. The van der Waals surface area contributed by atoms with Crippen molar-refractivity contribution in [3.63, 3.8) is 0 Å². The highest BCUT2D eigenvalue weighted by Gasteiger charge is 2.29. The topological polar surface area (TPSA) is 83.8 Å². The maximum absolute atomic E-state index is 13.3. The molecule has 180 valence electrons. The molecule has 2 aromatic heterocycles. The number of hydrogen-bond donors (Lipinski definition) is 1. The van der Waals surface area contributed by atoms with Crippen LogP contribution < -0.4 is 5.32 Å². The van der Waals surface area contributed by atoms with Gasteiger partial charge in [0.1, 0.15) is 17.2 Å². The third-order valence-electron chi connectivity index (χ3n) is 6.67. The Morgan fingerprint density at radius 3 is 2.49 bits per heavy atom. The standard InChI is InChI=1S/C27H28N4O3S/c1-30(22-14-6-3-7-15-22)35(33,34)23-16-10-13-21(19-23)27(32)29-26-25(20-11-4-2-5-12-20)28-24-17-8-9-18-31(24)26/h2,4-5,8-13,16-19,22H,3,6-7,14-15H2,1H3,(H,29,32). The monoisotopic (exact) mass is 488 g/mol. The van der Waals surface area contributed by atoms with Crippen molar-refractivity contribution >= 4 is 27.4 Å². The fourth-order valence-electron chi connectivity index (χ4n) is 4.70. The SMILES string of the molecule is CN(C1CCCCC1)S(=O)(=O)c1cccc(C(=O)Nc2c(-c3ccccc3)nc3ccccn23)c1. The number of hydrogen-bond acceptors (Lipinski definition) is 4. The number of nitrogens with zero attached hydrogens (tertiary/aromatic N) is 3. The molecular weight excluding hydrogens is 460 g/mol. The maximum atomic E-state index is 13.3. The van der Waals surface area contributed by atoms with Crippen molar-refractivity contribution in [2.75, 3.05) is 12.4 Å². The van der Waals surface area contributed by atoms with E-state index in [4.69, 9.17) is 4.98 Å². The van der Waals surface area contributed by atoms with E-state index in [1.807, 2.05) is 59.1 Å². The zero-order valence-corrected chi connectivity index (χ0v) is 20.4. The van der Waals surface area contributed by atoms with Crippen molar-refractivity contribution in [1.29, 1.82) is 0 Å². The number of sulfonamides is 1. The highest BCUT2D eigenvalue weighted by molar-refractivity contribution is 7.89. The van der Waals surface area contributed by atoms with Gasteiger partial charge < -0.3 is 5.32 Å². The van der Waals surface area contributed by atoms with E-state index in [0.717, 1.165) is 37.7 Å². The molecule has 1 amide bonds. The molecule has 0 saturated heterocycles. The van der Waals surface area contributed by atoms with E-state index in [0.29, 0.717) is 17.2 Å². The highest BCUT2D eigenvalue weighted by atomic mass is 32.2. The molecule has 0 aliphatic heterocycles. The first-order valence-corrected chi connectivity index (χ1v) is 13.3. The van der Waals surface area contributed by atoms with Crippen molar-refractivity contribution in [3.05, 3.63) is 84.6 Å². The zero-order chi connectivity index (χ0) is 24.4. The molecule has 8 heteroatoms. The first kappa shape index (κ1) is 23.3. The van der Waals surface area contributed by atoms with Gasteiger partial charge in [-0.25, -0.2) is 13.4 Å². The number of rotatable bonds is 6. The highest BCUT2D eigenvalue weighted by Crippen LogP contribution is 2.30. The Labute approximate surface area is 205 Å². The van der Waals surface area contributed by atoms with Gasteiger partial charge >= 0.3 is 0 Å². The minimum absolute atomic E-state index is 0.00202. The fraction of sp³-hybridized carbons (Fsp3) is 0.259. The summed E-state index contributed by atoms with van der Waals surface area (Å²) in [5.41, 5.74) is 2.49. The first-order chi connectivity index (χ1) is 16.9. The summed E-state index contributed by atoms with van der Waals surface area (Å²) in [7, 11) is -2.07. The van der Waals surface area contributed by atoms with Gasteiger partial charge in [0.05, 0.1) is 4.90 Å². The summed E-state index contributed by atoms with van der Waals surface area (Å²) < 4.78 is 29.9. The van der Waals surface area contributed by atoms with Gasteiger partial charge in [-0.05, 0) is 43.2 Å². The van der Waals surface area contributed by atoms with Crippen molar-refractivity contribution < 1.29 is 13.2 Å². The molecule has 0 unspecified atom stereocenters. The molecule has 1 aliphatic carbocycles. The van der Waals surface area contributed by atoms with Crippen LogP contribution in [0.15, 0.2) is 83.9 Å². The van der Waals surface area contributed by atoms with Gasteiger partial charge in [0.2, 0.25) is 10.0 Å². The lowest BCUT2D eigenvalue weighted by molar-refractivity contribution is 0.102. The number of amides is 1. The minimum atomic E-state index is -3.71. The van der Waals surface area contributed by atoms with E-state index in [1.165, 1.54) is 10.4 Å². The number of fused-ring (bicyclic) bond motifs is 1. The predicted molar refractivity (Wildman–Crippen MR) is 137 cm³/mol. The number of carbonyl (C=O) groups excluding carboxylic acids is 1. The molecule has 2 aromatic carbocycles. The van der Waals surface area contributed by atoms with Crippen LogP contribution in [0.1, 0.15) is 42.5 Å². The van der Waals surface area contributed by atoms with Gasteiger partial charge in [0, 0.05) is 30.4 Å². The number of aromatic nitrogens is 2. The van der Waals surface area contributed by atoms with Gasteiger partial charge in [-0.2, -0.15) is 4.31 Å².